The molecule has 0 saturated carbocycles. The van der Waals surface area contributed by atoms with Crippen LogP contribution in [-0.4, -0.2) is 33.4 Å². The lowest BCUT2D eigenvalue weighted by Gasteiger charge is -2.21. The van der Waals surface area contributed by atoms with Crippen molar-refractivity contribution in [2.24, 2.45) is 11.5 Å². The average molecular weight is 251 g/mol. The molecule has 2 atom stereocenters. The summed E-state index contributed by atoms with van der Waals surface area (Å²) in [6, 6.07) is -1.24. The molecular formula is C7H14N3O5P. The summed E-state index contributed by atoms with van der Waals surface area (Å²) in [5.74, 6) is -3.20. The Hall–Kier alpha value is -1.21. The summed E-state index contributed by atoms with van der Waals surface area (Å²) in [7, 11) is -4.50. The summed E-state index contributed by atoms with van der Waals surface area (Å²) in [5, 5.41) is 2.22. The van der Waals surface area contributed by atoms with E-state index in [1.54, 1.807) is 0 Å². The van der Waals surface area contributed by atoms with E-state index in [1.165, 1.54) is 0 Å². The van der Waals surface area contributed by atoms with Gasteiger partial charge in [-0.1, -0.05) is 6.08 Å². The molecule has 0 heterocycles. The fourth-order valence-corrected chi connectivity index (χ4v) is 1.60. The molecule has 0 aliphatic heterocycles. The Kier molecular flexibility index (Phi) is 5.32. The summed E-state index contributed by atoms with van der Waals surface area (Å²) < 4.78 is 10.9. The fraction of sp³-hybridized carbons (Fsp3) is 0.429. The van der Waals surface area contributed by atoms with E-state index in [0.717, 1.165) is 6.08 Å². The second-order valence-electron chi connectivity index (χ2n) is 3.06. The molecule has 0 bridgehead atoms. The normalized spacial score (nSPS) is 15.1. The number of hydrogen-bond donors (Lipinski definition) is 5. The van der Waals surface area contributed by atoms with Crippen LogP contribution in [-0.2, 0) is 14.2 Å². The van der Waals surface area contributed by atoms with Gasteiger partial charge in [0.2, 0.25) is 11.8 Å². The predicted molar refractivity (Wildman–Crippen MR) is 56.0 cm³/mol. The van der Waals surface area contributed by atoms with Gasteiger partial charge in [-0.2, -0.15) is 0 Å². The summed E-state index contributed by atoms with van der Waals surface area (Å²) in [5.41, 5.74) is 9.79. The van der Waals surface area contributed by atoms with E-state index >= 15 is 0 Å². The van der Waals surface area contributed by atoms with Gasteiger partial charge in [0.05, 0.1) is 12.5 Å². The molecule has 16 heavy (non-hydrogen) atoms. The van der Waals surface area contributed by atoms with Gasteiger partial charge in [-0.3, -0.25) is 19.5 Å². The van der Waals surface area contributed by atoms with E-state index in [9.17, 15) is 14.2 Å². The van der Waals surface area contributed by atoms with Gasteiger partial charge >= 0.3 is 7.60 Å². The Morgan fingerprint density at radius 1 is 1.44 bits per heavy atom. The Morgan fingerprint density at radius 2 is 1.94 bits per heavy atom. The van der Waals surface area contributed by atoms with Crippen molar-refractivity contribution in [3.05, 3.63) is 12.7 Å². The van der Waals surface area contributed by atoms with Gasteiger partial charge < -0.3 is 21.3 Å². The maximum absolute atomic E-state index is 10.9. The molecule has 0 spiro atoms. The molecule has 0 aliphatic rings. The van der Waals surface area contributed by atoms with Crippen LogP contribution in [0.5, 0.6) is 0 Å². The summed E-state index contributed by atoms with van der Waals surface area (Å²) >= 11 is 0. The van der Waals surface area contributed by atoms with Gasteiger partial charge in [-0.05, 0) is 0 Å². The SMILES string of the molecule is C=CC(NC(CC(N)=O)C(N)=O)P(=O)(O)O. The van der Waals surface area contributed by atoms with Crippen LogP contribution < -0.4 is 16.8 Å². The molecular weight excluding hydrogens is 237 g/mol. The van der Waals surface area contributed by atoms with Crippen molar-refractivity contribution in [3.63, 3.8) is 0 Å². The third-order valence-corrected chi connectivity index (χ3v) is 2.79. The van der Waals surface area contributed by atoms with Crippen molar-refractivity contribution in [2.75, 3.05) is 0 Å². The Morgan fingerprint density at radius 3 is 2.19 bits per heavy atom. The zero-order chi connectivity index (χ0) is 12.9. The molecule has 0 aromatic carbocycles. The first-order valence-corrected chi connectivity index (χ1v) is 5.88. The molecule has 92 valence electrons. The van der Waals surface area contributed by atoms with Crippen molar-refractivity contribution >= 4 is 19.4 Å². The van der Waals surface area contributed by atoms with Gasteiger partial charge in [-0.15, -0.1) is 6.58 Å². The first-order chi connectivity index (χ1) is 7.18. The number of hydrogen-bond acceptors (Lipinski definition) is 4. The summed E-state index contributed by atoms with van der Waals surface area (Å²) in [6.07, 6.45) is 0.484. The van der Waals surface area contributed by atoms with Gasteiger partial charge in [0.15, 0.2) is 0 Å². The first kappa shape index (κ1) is 14.8. The van der Waals surface area contributed by atoms with E-state index in [-0.39, 0.29) is 0 Å². The number of nitrogens with two attached hydrogens (primary N) is 2. The van der Waals surface area contributed by atoms with Gasteiger partial charge in [-0.25, -0.2) is 0 Å². The maximum atomic E-state index is 10.9. The highest BCUT2D eigenvalue weighted by molar-refractivity contribution is 7.52. The van der Waals surface area contributed by atoms with Gasteiger partial charge in [0.25, 0.3) is 0 Å². The lowest BCUT2D eigenvalue weighted by Crippen LogP contribution is -2.47. The van der Waals surface area contributed by atoms with Crippen LogP contribution >= 0.6 is 7.60 Å². The molecule has 0 aromatic rings. The quantitative estimate of drug-likeness (QED) is 0.260. The molecule has 0 rings (SSSR count). The third kappa shape index (κ3) is 5.04. The minimum Gasteiger partial charge on any atom is -0.370 e. The third-order valence-electron chi connectivity index (χ3n) is 1.71. The molecule has 2 amide bonds. The minimum atomic E-state index is -4.50. The maximum Gasteiger partial charge on any atom is 0.346 e. The van der Waals surface area contributed by atoms with Crippen molar-refractivity contribution in [1.29, 1.82) is 0 Å². The second kappa shape index (κ2) is 5.76. The monoisotopic (exact) mass is 251 g/mol. The lowest BCUT2D eigenvalue weighted by atomic mass is 10.2. The minimum absolute atomic E-state index is 0.445. The van der Waals surface area contributed by atoms with E-state index in [0.29, 0.717) is 0 Å². The van der Waals surface area contributed by atoms with Crippen LogP contribution in [0.3, 0.4) is 0 Å². The number of carbonyl (C=O) groups excluding carboxylic acids is 2. The standard InChI is InChI=1S/C7H14N3O5P/c1-2-6(16(13,14)15)10-4(7(9)12)3-5(8)11/h2,4,6,10H,1,3H2,(H2,8,11)(H2,9,12)(H2,13,14,15). The van der Waals surface area contributed by atoms with Crippen LogP contribution in [0.25, 0.3) is 0 Å². The number of primary amides is 2. The topological polar surface area (TPSA) is 156 Å². The second-order valence-corrected chi connectivity index (χ2v) is 4.80. The molecule has 2 unspecified atom stereocenters. The molecule has 8 nitrogen and oxygen atoms in total. The van der Waals surface area contributed by atoms with Crippen molar-refractivity contribution in [2.45, 2.75) is 18.2 Å². The smallest absolute Gasteiger partial charge is 0.346 e. The van der Waals surface area contributed by atoms with Gasteiger partial charge in [0.1, 0.15) is 5.78 Å². The molecule has 0 radical (unpaired) electrons. The van der Waals surface area contributed by atoms with Crippen LogP contribution in [0.15, 0.2) is 12.7 Å². The molecule has 0 fully saturated rings. The Balaban J connectivity index is 4.73. The Bertz CT molecular complexity index is 339. The highest BCUT2D eigenvalue weighted by Crippen LogP contribution is 2.40. The zero-order valence-electron chi connectivity index (χ0n) is 8.37. The lowest BCUT2D eigenvalue weighted by molar-refractivity contribution is -0.125. The van der Waals surface area contributed by atoms with Crippen molar-refractivity contribution in [1.82, 2.24) is 5.32 Å². The van der Waals surface area contributed by atoms with Crippen LogP contribution in [0.4, 0.5) is 0 Å². The summed E-state index contributed by atoms with van der Waals surface area (Å²) in [4.78, 5) is 39.2. The number of amides is 2. The highest BCUT2D eigenvalue weighted by atomic mass is 31.2. The molecule has 0 saturated heterocycles. The van der Waals surface area contributed by atoms with Crippen molar-refractivity contribution < 1.29 is 23.9 Å². The molecule has 9 heteroatoms. The fourth-order valence-electron chi connectivity index (χ4n) is 0.951. The number of carbonyl (C=O) groups is 2. The van der Waals surface area contributed by atoms with Gasteiger partial charge in [0, 0.05) is 0 Å². The predicted octanol–water partition coefficient (Wildman–Crippen LogP) is -2.00. The van der Waals surface area contributed by atoms with E-state index in [2.05, 4.69) is 11.9 Å². The van der Waals surface area contributed by atoms with Crippen LogP contribution in [0.1, 0.15) is 6.42 Å². The average Bonchev–Trinajstić information content (AvgIpc) is 2.08. The summed E-state index contributed by atoms with van der Waals surface area (Å²) in [6.45, 7) is 3.20. The Labute approximate surface area is 91.8 Å². The number of nitrogens with one attached hydrogen (secondary N) is 1. The zero-order valence-corrected chi connectivity index (χ0v) is 9.26. The van der Waals surface area contributed by atoms with E-state index in [1.807, 2.05) is 0 Å². The van der Waals surface area contributed by atoms with E-state index in [4.69, 9.17) is 21.3 Å². The van der Waals surface area contributed by atoms with E-state index < -0.39 is 37.7 Å². The highest BCUT2D eigenvalue weighted by Gasteiger charge is 2.30. The largest absolute Gasteiger partial charge is 0.370 e. The molecule has 7 N–H and O–H groups in total. The first-order valence-electron chi connectivity index (χ1n) is 4.20. The van der Waals surface area contributed by atoms with Crippen molar-refractivity contribution in [3.8, 4) is 0 Å². The number of rotatable bonds is 7. The molecule has 0 aliphatic carbocycles. The van der Waals surface area contributed by atoms with Crippen LogP contribution in [0.2, 0.25) is 0 Å². The van der Waals surface area contributed by atoms with Crippen LogP contribution in [0, 0.1) is 0 Å². The molecule has 0 aromatic heterocycles.